The van der Waals surface area contributed by atoms with Crippen LogP contribution >= 0.6 is 0 Å². The van der Waals surface area contributed by atoms with E-state index in [0.717, 1.165) is 11.3 Å². The average molecular weight is 431 g/mol. The summed E-state index contributed by atoms with van der Waals surface area (Å²) in [6.07, 6.45) is 1.59. The number of nitrogens with two attached hydrogens (primary N) is 1. The molecule has 1 atom stereocenters. The maximum absolute atomic E-state index is 12.1. The molecule has 1 aliphatic heterocycles. The third-order valence-electron chi connectivity index (χ3n) is 4.19. The van der Waals surface area contributed by atoms with E-state index in [9.17, 15) is 29.1 Å². The fourth-order valence-electron chi connectivity index (χ4n) is 2.64. The van der Waals surface area contributed by atoms with Gasteiger partial charge in [-0.25, -0.2) is 4.79 Å². The first-order valence-corrected chi connectivity index (χ1v) is 9.31. The molecule has 1 radical (unpaired) electrons. The predicted octanol–water partition coefficient (Wildman–Crippen LogP) is -2.46. The van der Waals surface area contributed by atoms with Crippen LogP contribution in [0.3, 0.4) is 0 Å². The number of hydrogen-bond donors (Lipinski definition) is 6. The lowest BCUT2D eigenvalue weighted by Crippen LogP contribution is -2.47. The van der Waals surface area contributed by atoms with Gasteiger partial charge < -0.3 is 32.1 Å². The SMILES string of the molecule is NCC(=O)NCC(=O)NCC(=O)NCC(=O)N[C@@H](CC1=C[N]c2ccccc21)C(=O)O. The highest BCUT2D eigenvalue weighted by atomic mass is 16.4. The summed E-state index contributed by atoms with van der Waals surface area (Å²) in [5, 5.41) is 22.7. The summed E-state index contributed by atoms with van der Waals surface area (Å²) in [7, 11) is 0. The number of nitrogens with zero attached hydrogens (tertiary/aromatic N) is 1. The predicted molar refractivity (Wildman–Crippen MR) is 108 cm³/mol. The molecule has 1 heterocycles. The Kier molecular flexibility index (Phi) is 8.52. The van der Waals surface area contributed by atoms with Gasteiger partial charge in [-0.3, -0.25) is 24.5 Å². The van der Waals surface area contributed by atoms with Crippen molar-refractivity contribution in [2.45, 2.75) is 12.5 Å². The van der Waals surface area contributed by atoms with Crippen molar-refractivity contribution in [3.05, 3.63) is 36.0 Å². The first-order valence-electron chi connectivity index (χ1n) is 9.31. The quantitative estimate of drug-likeness (QED) is 0.224. The number of para-hydroxylation sites is 1. The zero-order valence-corrected chi connectivity index (χ0v) is 16.5. The molecule has 12 nitrogen and oxygen atoms in total. The number of rotatable bonds is 11. The van der Waals surface area contributed by atoms with E-state index in [-0.39, 0.29) is 19.5 Å². The van der Waals surface area contributed by atoms with Crippen LogP contribution in [0.4, 0.5) is 5.69 Å². The molecule has 1 aliphatic rings. The van der Waals surface area contributed by atoms with Gasteiger partial charge in [-0.15, -0.1) is 0 Å². The molecule has 7 N–H and O–H groups in total. The van der Waals surface area contributed by atoms with Crippen LogP contribution in [0.5, 0.6) is 0 Å². The molecule has 0 aliphatic carbocycles. The summed E-state index contributed by atoms with van der Waals surface area (Å²) in [6, 6.07) is 6.03. The normalized spacial score (nSPS) is 12.5. The molecule has 0 spiro atoms. The van der Waals surface area contributed by atoms with Crippen LogP contribution < -0.4 is 32.3 Å². The molecule has 1 aromatic rings. The van der Waals surface area contributed by atoms with Gasteiger partial charge in [-0.1, -0.05) is 18.2 Å². The van der Waals surface area contributed by atoms with E-state index < -0.39 is 48.7 Å². The Morgan fingerprint density at radius 2 is 1.48 bits per heavy atom. The van der Waals surface area contributed by atoms with Gasteiger partial charge in [0, 0.05) is 18.2 Å². The summed E-state index contributed by atoms with van der Waals surface area (Å²) in [5.41, 5.74) is 7.28. The number of fused-ring (bicyclic) bond motifs is 1. The molecular weight excluding hydrogens is 408 g/mol. The van der Waals surface area contributed by atoms with Crippen molar-refractivity contribution in [3.8, 4) is 0 Å². The van der Waals surface area contributed by atoms with E-state index in [4.69, 9.17) is 5.73 Å². The van der Waals surface area contributed by atoms with Crippen LogP contribution in [0.1, 0.15) is 12.0 Å². The largest absolute Gasteiger partial charge is 0.480 e. The van der Waals surface area contributed by atoms with E-state index in [0.29, 0.717) is 5.57 Å². The van der Waals surface area contributed by atoms with Gasteiger partial charge in [0.05, 0.1) is 31.9 Å². The molecule has 0 saturated heterocycles. The van der Waals surface area contributed by atoms with Crippen molar-refractivity contribution in [1.29, 1.82) is 0 Å². The van der Waals surface area contributed by atoms with Crippen molar-refractivity contribution in [3.63, 3.8) is 0 Å². The number of benzene rings is 1. The molecule has 165 valence electrons. The van der Waals surface area contributed by atoms with Gasteiger partial charge in [0.1, 0.15) is 6.04 Å². The topological polar surface area (TPSA) is 194 Å². The molecule has 0 fully saturated rings. The Morgan fingerprint density at radius 3 is 2.10 bits per heavy atom. The lowest BCUT2D eigenvalue weighted by atomic mass is 10.00. The summed E-state index contributed by atoms with van der Waals surface area (Å²) in [6.45, 7) is -1.49. The molecule has 0 unspecified atom stereocenters. The fraction of sp³-hybridized carbons (Fsp3) is 0.316. The van der Waals surface area contributed by atoms with Crippen molar-refractivity contribution >= 4 is 40.9 Å². The zero-order chi connectivity index (χ0) is 22.8. The molecule has 4 amide bonds. The highest BCUT2D eigenvalue weighted by Crippen LogP contribution is 2.32. The summed E-state index contributed by atoms with van der Waals surface area (Å²) < 4.78 is 0. The number of amides is 4. The molecule has 0 bridgehead atoms. The number of aliphatic carboxylic acids is 1. The fourth-order valence-corrected chi connectivity index (χ4v) is 2.64. The second-order valence-corrected chi connectivity index (χ2v) is 6.50. The van der Waals surface area contributed by atoms with Gasteiger partial charge in [0.2, 0.25) is 23.6 Å². The van der Waals surface area contributed by atoms with Crippen LogP contribution in [0, 0.1) is 0 Å². The van der Waals surface area contributed by atoms with E-state index in [2.05, 4.69) is 26.6 Å². The van der Waals surface area contributed by atoms with Crippen LogP contribution in [0.25, 0.3) is 5.57 Å². The lowest BCUT2D eigenvalue weighted by Gasteiger charge is -2.16. The van der Waals surface area contributed by atoms with E-state index in [1.807, 2.05) is 18.2 Å². The third kappa shape index (κ3) is 7.44. The maximum atomic E-state index is 12.1. The molecule has 2 rings (SSSR count). The summed E-state index contributed by atoms with van der Waals surface area (Å²) in [4.78, 5) is 57.7. The number of carbonyl (C=O) groups excluding carboxylic acids is 4. The van der Waals surface area contributed by atoms with Crippen molar-refractivity contribution in [2.24, 2.45) is 5.73 Å². The van der Waals surface area contributed by atoms with Gasteiger partial charge in [0.15, 0.2) is 0 Å². The first-order chi connectivity index (χ1) is 14.8. The Hall–Kier alpha value is -3.93. The van der Waals surface area contributed by atoms with Crippen molar-refractivity contribution in [2.75, 3.05) is 26.2 Å². The Labute approximate surface area is 177 Å². The minimum Gasteiger partial charge on any atom is -0.480 e. The summed E-state index contributed by atoms with van der Waals surface area (Å²) in [5.74, 6) is -3.72. The molecule has 0 aromatic heterocycles. The molecule has 0 saturated carbocycles. The van der Waals surface area contributed by atoms with Crippen LogP contribution in [0.2, 0.25) is 0 Å². The zero-order valence-electron chi connectivity index (χ0n) is 16.5. The molecule has 1 aromatic carbocycles. The Bertz CT molecular complexity index is 900. The van der Waals surface area contributed by atoms with Gasteiger partial charge in [0.25, 0.3) is 0 Å². The Balaban J connectivity index is 1.74. The van der Waals surface area contributed by atoms with E-state index in [1.54, 1.807) is 12.3 Å². The standard InChI is InChI=1S/C19H23N6O6/c20-6-15(26)22-8-16(27)23-9-17(28)24-10-18(29)25-14(19(30)31)5-11-7-21-13-4-2-1-3-12(11)13/h1-4,7,14H,5-6,8-10,20H2,(H,22,26)(H,23,27)(H,24,28)(H,25,29)(H,30,31)/t14-/m0/s1. The van der Waals surface area contributed by atoms with Crippen molar-refractivity contribution in [1.82, 2.24) is 26.6 Å². The average Bonchev–Trinajstić information content (AvgIpc) is 3.16. The monoisotopic (exact) mass is 431 g/mol. The van der Waals surface area contributed by atoms with Crippen LogP contribution in [-0.2, 0) is 24.0 Å². The minimum atomic E-state index is -1.23. The maximum Gasteiger partial charge on any atom is 0.326 e. The number of nitrogens with one attached hydrogen (secondary N) is 4. The second kappa shape index (κ2) is 11.3. The first kappa shape index (κ1) is 23.3. The molecular formula is C19H23N6O6. The number of carboxylic acids is 1. The highest BCUT2D eigenvalue weighted by molar-refractivity contribution is 5.92. The van der Waals surface area contributed by atoms with E-state index >= 15 is 0 Å². The number of carboxylic acid groups (broad SMARTS) is 1. The Morgan fingerprint density at radius 1 is 0.903 bits per heavy atom. The number of carbonyl (C=O) groups is 5. The summed E-state index contributed by atoms with van der Waals surface area (Å²) >= 11 is 0. The van der Waals surface area contributed by atoms with Gasteiger partial charge in [-0.2, -0.15) is 0 Å². The van der Waals surface area contributed by atoms with Crippen LogP contribution in [0.15, 0.2) is 30.5 Å². The number of hydrogen-bond acceptors (Lipinski definition) is 6. The third-order valence-corrected chi connectivity index (χ3v) is 4.19. The van der Waals surface area contributed by atoms with E-state index in [1.165, 1.54) is 0 Å². The van der Waals surface area contributed by atoms with Crippen molar-refractivity contribution < 1.29 is 29.1 Å². The second-order valence-electron chi connectivity index (χ2n) is 6.50. The smallest absolute Gasteiger partial charge is 0.326 e. The van der Waals surface area contributed by atoms with Crippen LogP contribution in [-0.4, -0.2) is 66.9 Å². The lowest BCUT2D eigenvalue weighted by molar-refractivity contribution is -0.141. The van der Waals surface area contributed by atoms with Gasteiger partial charge in [-0.05, 0) is 11.6 Å². The molecule has 31 heavy (non-hydrogen) atoms. The molecule has 12 heteroatoms. The van der Waals surface area contributed by atoms with Gasteiger partial charge >= 0.3 is 5.97 Å². The highest BCUT2D eigenvalue weighted by Gasteiger charge is 2.25. The minimum absolute atomic E-state index is 0.0279.